The number of carbonyl (C=O) groups excluding carboxylic acids is 2. The summed E-state index contributed by atoms with van der Waals surface area (Å²) in [5, 5.41) is 0. The molecule has 0 aliphatic carbocycles. The number of Topliss-reactive ketones (excluding diaryl/α,β-unsaturated/α-hetero) is 1. The first-order valence-electron chi connectivity index (χ1n) is 6.53. The number of hydrogen-bond acceptors (Lipinski definition) is 4. The van der Waals surface area contributed by atoms with Gasteiger partial charge in [0.15, 0.2) is 5.78 Å². The predicted octanol–water partition coefficient (Wildman–Crippen LogP) is 4.00. The second-order valence-electron chi connectivity index (χ2n) is 5.86. The Kier molecular flexibility index (Phi) is 5.73. The number of esters is 1. The summed E-state index contributed by atoms with van der Waals surface area (Å²) in [4.78, 5) is 25.1. The van der Waals surface area contributed by atoms with Crippen LogP contribution in [-0.4, -0.2) is 18.4 Å². The van der Waals surface area contributed by atoms with Crippen LogP contribution in [0.2, 0.25) is 0 Å². The summed E-state index contributed by atoms with van der Waals surface area (Å²) >= 11 is 1.47. The highest BCUT2D eigenvalue weighted by Crippen LogP contribution is 2.19. The number of thiophene rings is 1. The van der Waals surface area contributed by atoms with Crippen LogP contribution in [0.4, 0.5) is 0 Å². The normalized spacial score (nSPS) is 11.4. The fraction of sp³-hybridized carbons (Fsp3) is 0.600. The van der Waals surface area contributed by atoms with Crippen LogP contribution < -0.4 is 0 Å². The molecule has 0 unspecified atom stereocenters. The first-order valence-corrected chi connectivity index (χ1v) is 7.35. The maximum Gasteiger partial charge on any atom is 0.306 e. The molecule has 0 fully saturated rings. The van der Waals surface area contributed by atoms with E-state index >= 15 is 0 Å². The predicted molar refractivity (Wildman–Crippen MR) is 77.7 cm³/mol. The minimum absolute atomic E-state index is 0.0193. The SMILES string of the molecule is Cc1ccc(C(=O)CCC(=O)OCCC(C)(C)C)s1. The lowest BCUT2D eigenvalue weighted by Gasteiger charge is -2.17. The molecule has 0 atom stereocenters. The fourth-order valence-corrected chi connectivity index (χ4v) is 2.30. The molecule has 0 radical (unpaired) electrons. The van der Waals surface area contributed by atoms with E-state index in [9.17, 15) is 9.59 Å². The van der Waals surface area contributed by atoms with E-state index in [0.29, 0.717) is 6.61 Å². The maximum absolute atomic E-state index is 11.8. The first kappa shape index (κ1) is 15.9. The van der Waals surface area contributed by atoms with Gasteiger partial charge in [-0.15, -0.1) is 11.3 Å². The largest absolute Gasteiger partial charge is 0.466 e. The number of aryl methyl sites for hydroxylation is 1. The van der Waals surface area contributed by atoms with Gasteiger partial charge in [0.2, 0.25) is 0 Å². The Hall–Kier alpha value is -1.16. The summed E-state index contributed by atoms with van der Waals surface area (Å²) < 4.78 is 5.12. The minimum Gasteiger partial charge on any atom is -0.466 e. The zero-order valence-corrected chi connectivity index (χ0v) is 12.9. The molecule has 1 rings (SSSR count). The Bertz CT molecular complexity index is 440. The van der Waals surface area contributed by atoms with Gasteiger partial charge < -0.3 is 4.74 Å². The Morgan fingerprint density at radius 2 is 1.89 bits per heavy atom. The van der Waals surface area contributed by atoms with E-state index in [1.54, 1.807) is 0 Å². The molecule has 4 heteroatoms. The van der Waals surface area contributed by atoms with E-state index in [2.05, 4.69) is 20.8 Å². The van der Waals surface area contributed by atoms with Gasteiger partial charge in [-0.1, -0.05) is 20.8 Å². The Balaban J connectivity index is 2.25. The zero-order chi connectivity index (χ0) is 14.5. The molecule has 1 heterocycles. The van der Waals surface area contributed by atoms with Gasteiger partial charge in [-0.3, -0.25) is 9.59 Å². The van der Waals surface area contributed by atoms with E-state index in [-0.39, 0.29) is 30.0 Å². The second-order valence-corrected chi connectivity index (χ2v) is 7.15. The lowest BCUT2D eigenvalue weighted by molar-refractivity contribution is -0.144. The van der Waals surface area contributed by atoms with Crippen molar-refractivity contribution in [3.63, 3.8) is 0 Å². The van der Waals surface area contributed by atoms with Crippen molar-refractivity contribution in [2.24, 2.45) is 5.41 Å². The Morgan fingerprint density at radius 3 is 2.42 bits per heavy atom. The summed E-state index contributed by atoms with van der Waals surface area (Å²) in [6.45, 7) is 8.69. The smallest absolute Gasteiger partial charge is 0.306 e. The first-order chi connectivity index (χ1) is 8.78. The van der Waals surface area contributed by atoms with Crippen LogP contribution in [0.5, 0.6) is 0 Å². The monoisotopic (exact) mass is 282 g/mol. The van der Waals surface area contributed by atoms with Crippen molar-refractivity contribution in [1.29, 1.82) is 0 Å². The van der Waals surface area contributed by atoms with Gasteiger partial charge in [-0.25, -0.2) is 0 Å². The summed E-state index contributed by atoms with van der Waals surface area (Å²) in [5.74, 6) is -0.267. The topological polar surface area (TPSA) is 43.4 Å². The maximum atomic E-state index is 11.8. The molecule has 0 saturated carbocycles. The number of rotatable bonds is 6. The summed E-state index contributed by atoms with van der Waals surface area (Å²) in [7, 11) is 0. The van der Waals surface area contributed by atoms with Gasteiger partial charge in [0.25, 0.3) is 0 Å². The summed E-state index contributed by atoms with van der Waals surface area (Å²) in [6, 6.07) is 3.73. The van der Waals surface area contributed by atoms with E-state index in [1.165, 1.54) is 11.3 Å². The van der Waals surface area contributed by atoms with Crippen molar-refractivity contribution in [2.45, 2.75) is 47.0 Å². The van der Waals surface area contributed by atoms with Crippen LogP contribution in [0.15, 0.2) is 12.1 Å². The third kappa shape index (κ3) is 6.53. The third-order valence-corrected chi connectivity index (χ3v) is 3.73. The highest BCUT2D eigenvalue weighted by Gasteiger charge is 2.14. The standard InChI is InChI=1S/C15H22O3S/c1-11-5-7-13(19-11)12(16)6-8-14(17)18-10-9-15(2,3)4/h5,7H,6,8-10H2,1-4H3. The van der Waals surface area contributed by atoms with E-state index < -0.39 is 0 Å². The molecule has 0 aliphatic heterocycles. The van der Waals surface area contributed by atoms with Crippen molar-refractivity contribution in [3.8, 4) is 0 Å². The van der Waals surface area contributed by atoms with Gasteiger partial charge >= 0.3 is 5.97 Å². The van der Waals surface area contributed by atoms with Crippen LogP contribution in [0.3, 0.4) is 0 Å². The average molecular weight is 282 g/mol. The lowest BCUT2D eigenvalue weighted by atomic mass is 9.93. The van der Waals surface area contributed by atoms with Gasteiger partial charge in [0.05, 0.1) is 17.9 Å². The molecule has 0 bridgehead atoms. The van der Waals surface area contributed by atoms with E-state index in [4.69, 9.17) is 4.74 Å². The van der Waals surface area contributed by atoms with Crippen molar-refractivity contribution in [2.75, 3.05) is 6.61 Å². The van der Waals surface area contributed by atoms with Crippen molar-refractivity contribution >= 4 is 23.1 Å². The van der Waals surface area contributed by atoms with E-state index in [1.807, 2.05) is 19.1 Å². The van der Waals surface area contributed by atoms with Crippen molar-refractivity contribution < 1.29 is 14.3 Å². The number of ketones is 1. The molecular formula is C15H22O3S. The highest BCUT2D eigenvalue weighted by atomic mass is 32.1. The number of hydrogen-bond donors (Lipinski definition) is 0. The number of carbonyl (C=O) groups is 2. The van der Waals surface area contributed by atoms with Gasteiger partial charge in [-0.05, 0) is 30.9 Å². The highest BCUT2D eigenvalue weighted by molar-refractivity contribution is 7.14. The van der Waals surface area contributed by atoms with Crippen LogP contribution >= 0.6 is 11.3 Å². The molecule has 0 spiro atoms. The molecule has 0 amide bonds. The Labute approximate surface area is 119 Å². The second kappa shape index (κ2) is 6.85. The third-order valence-electron chi connectivity index (χ3n) is 2.69. The molecule has 3 nitrogen and oxygen atoms in total. The molecule has 106 valence electrons. The van der Waals surface area contributed by atoms with Gasteiger partial charge in [0, 0.05) is 11.3 Å². The van der Waals surface area contributed by atoms with Crippen molar-refractivity contribution in [3.05, 3.63) is 21.9 Å². The molecule has 0 N–H and O–H groups in total. The zero-order valence-electron chi connectivity index (χ0n) is 12.1. The van der Waals surface area contributed by atoms with Crippen LogP contribution in [-0.2, 0) is 9.53 Å². The van der Waals surface area contributed by atoms with Crippen LogP contribution in [0, 0.1) is 12.3 Å². The quantitative estimate of drug-likeness (QED) is 0.585. The summed E-state index contributed by atoms with van der Waals surface area (Å²) in [6.07, 6.45) is 1.23. The van der Waals surface area contributed by atoms with Gasteiger partial charge in [-0.2, -0.15) is 0 Å². The van der Waals surface area contributed by atoms with Crippen molar-refractivity contribution in [1.82, 2.24) is 0 Å². The molecular weight excluding hydrogens is 260 g/mol. The molecule has 1 aromatic rings. The summed E-state index contributed by atoms with van der Waals surface area (Å²) in [5.41, 5.74) is 0.157. The van der Waals surface area contributed by atoms with Crippen LogP contribution in [0.1, 0.15) is 54.6 Å². The Morgan fingerprint density at radius 1 is 1.21 bits per heavy atom. The number of ether oxygens (including phenoxy) is 1. The lowest BCUT2D eigenvalue weighted by Crippen LogP contribution is -2.13. The molecule has 1 aromatic heterocycles. The average Bonchev–Trinajstić information content (AvgIpc) is 2.71. The fourth-order valence-electron chi connectivity index (χ4n) is 1.47. The van der Waals surface area contributed by atoms with Crippen LogP contribution in [0.25, 0.3) is 0 Å². The minimum atomic E-state index is -0.286. The van der Waals surface area contributed by atoms with Gasteiger partial charge in [0.1, 0.15) is 0 Å². The molecule has 0 aromatic carbocycles. The molecule has 0 saturated heterocycles. The molecule has 0 aliphatic rings. The van der Waals surface area contributed by atoms with E-state index in [0.717, 1.165) is 16.2 Å². The molecule has 19 heavy (non-hydrogen) atoms.